The van der Waals surface area contributed by atoms with Crippen molar-refractivity contribution in [3.05, 3.63) is 22.9 Å². The fraction of sp³-hybridized carbons (Fsp3) is 0.455. The van der Waals surface area contributed by atoms with Crippen LogP contribution < -0.4 is 4.74 Å². The van der Waals surface area contributed by atoms with Gasteiger partial charge in [-0.2, -0.15) is 0 Å². The molecule has 0 amide bonds. The molecule has 1 rings (SSSR count). The molecular weight excluding hydrogens is 325 g/mol. The highest BCUT2D eigenvalue weighted by atomic mass is 35.5. The topological polar surface area (TPSA) is 48.4 Å². The largest absolute Gasteiger partial charge is 0.574 e. The molecule has 0 aromatic carbocycles. The molecule has 4 nitrogen and oxygen atoms in total. The van der Waals surface area contributed by atoms with Crippen molar-refractivity contribution in [2.75, 3.05) is 7.11 Å². The Hall–Kier alpha value is -1.64. The van der Waals surface area contributed by atoms with Crippen LogP contribution in [-0.2, 0) is 21.8 Å². The molecular formula is C11H9ClF5NO3. The fourth-order valence-electron chi connectivity index (χ4n) is 1.50. The lowest BCUT2D eigenvalue weighted by molar-refractivity contribution is -0.276. The SMILES string of the molecule is COC(=O)Cc1cc(CCl)nc(OC(F)(F)F)c1C(F)F. The van der Waals surface area contributed by atoms with E-state index in [4.69, 9.17) is 11.6 Å². The third-order valence-corrected chi connectivity index (χ3v) is 2.57. The summed E-state index contributed by atoms with van der Waals surface area (Å²) in [6, 6.07) is 1.01. The first-order valence-corrected chi connectivity index (χ1v) is 5.90. The Morgan fingerprint density at radius 3 is 2.48 bits per heavy atom. The minimum atomic E-state index is -5.20. The fourth-order valence-corrected chi connectivity index (χ4v) is 1.64. The van der Waals surface area contributed by atoms with E-state index in [2.05, 4.69) is 14.5 Å². The van der Waals surface area contributed by atoms with E-state index in [1.807, 2.05) is 0 Å². The zero-order valence-corrected chi connectivity index (χ0v) is 11.3. The normalized spacial score (nSPS) is 11.6. The molecule has 21 heavy (non-hydrogen) atoms. The van der Waals surface area contributed by atoms with Crippen molar-refractivity contribution in [1.82, 2.24) is 4.98 Å². The summed E-state index contributed by atoms with van der Waals surface area (Å²) >= 11 is 5.44. The highest BCUT2D eigenvalue weighted by molar-refractivity contribution is 6.16. The van der Waals surface area contributed by atoms with Crippen molar-refractivity contribution in [1.29, 1.82) is 0 Å². The number of nitrogens with zero attached hydrogens (tertiary/aromatic N) is 1. The number of ether oxygens (including phenoxy) is 2. The number of methoxy groups -OCH3 is 1. The second kappa shape index (κ2) is 6.88. The summed E-state index contributed by atoms with van der Waals surface area (Å²) in [6.07, 6.45) is -9.18. The average molecular weight is 334 g/mol. The Labute approximate surface area is 120 Å². The molecule has 0 fully saturated rings. The number of pyridine rings is 1. The first-order valence-electron chi connectivity index (χ1n) is 5.37. The molecule has 0 bridgehead atoms. The van der Waals surface area contributed by atoms with Crippen LogP contribution in [0, 0.1) is 0 Å². The molecule has 1 aromatic rings. The maximum absolute atomic E-state index is 13.0. The maximum atomic E-state index is 13.0. The highest BCUT2D eigenvalue weighted by Gasteiger charge is 2.35. The maximum Gasteiger partial charge on any atom is 0.574 e. The number of hydrogen-bond donors (Lipinski definition) is 0. The predicted octanol–water partition coefficient (Wildman–Crippen LogP) is 3.37. The summed E-state index contributed by atoms with van der Waals surface area (Å²) in [7, 11) is 1.02. The molecule has 10 heteroatoms. The number of halogens is 6. The average Bonchev–Trinajstić information content (AvgIpc) is 2.35. The van der Waals surface area contributed by atoms with E-state index in [-0.39, 0.29) is 17.1 Å². The lowest BCUT2D eigenvalue weighted by Gasteiger charge is -2.16. The van der Waals surface area contributed by atoms with Gasteiger partial charge >= 0.3 is 12.3 Å². The molecule has 0 N–H and O–H groups in total. The van der Waals surface area contributed by atoms with Gasteiger partial charge in [-0.05, 0) is 11.6 Å². The van der Waals surface area contributed by atoms with Gasteiger partial charge in [0.1, 0.15) is 0 Å². The minimum absolute atomic E-state index is 0.140. The van der Waals surface area contributed by atoms with Crippen molar-refractivity contribution in [3.63, 3.8) is 0 Å². The molecule has 0 radical (unpaired) electrons. The molecule has 0 atom stereocenters. The van der Waals surface area contributed by atoms with E-state index in [0.29, 0.717) is 0 Å². The van der Waals surface area contributed by atoms with Gasteiger partial charge in [0.25, 0.3) is 6.43 Å². The standard InChI is InChI=1S/C11H9ClF5NO3/c1-20-7(19)3-5-2-6(4-12)18-10(8(5)9(13)14)21-11(15,16)17/h2,9H,3-4H2,1H3. The third-order valence-electron chi connectivity index (χ3n) is 2.29. The number of rotatable bonds is 5. The van der Waals surface area contributed by atoms with E-state index >= 15 is 0 Å². The van der Waals surface area contributed by atoms with Crippen LogP contribution in [0.4, 0.5) is 22.0 Å². The summed E-state index contributed by atoms with van der Waals surface area (Å²) in [5.74, 6) is -2.57. The summed E-state index contributed by atoms with van der Waals surface area (Å²) in [5.41, 5.74) is -1.65. The molecule has 1 aromatic heterocycles. The molecule has 0 aliphatic heterocycles. The van der Waals surface area contributed by atoms with Crippen LogP contribution in [0.5, 0.6) is 5.88 Å². The number of carbonyl (C=O) groups is 1. The second-order valence-electron chi connectivity index (χ2n) is 3.73. The monoisotopic (exact) mass is 333 g/mol. The lowest BCUT2D eigenvalue weighted by atomic mass is 10.1. The van der Waals surface area contributed by atoms with Crippen molar-refractivity contribution in [3.8, 4) is 5.88 Å². The first-order chi connectivity index (χ1) is 9.67. The Morgan fingerprint density at radius 2 is 2.05 bits per heavy atom. The third kappa shape index (κ3) is 5.00. The summed E-state index contributed by atoms with van der Waals surface area (Å²) < 4.78 is 70.5. The van der Waals surface area contributed by atoms with Gasteiger partial charge in [-0.1, -0.05) is 0 Å². The van der Waals surface area contributed by atoms with Gasteiger partial charge in [0.15, 0.2) is 0 Å². The zero-order chi connectivity index (χ0) is 16.2. The lowest BCUT2D eigenvalue weighted by Crippen LogP contribution is -2.20. The number of esters is 1. The Morgan fingerprint density at radius 1 is 1.43 bits per heavy atom. The molecule has 0 unspecified atom stereocenters. The van der Waals surface area contributed by atoms with Crippen LogP contribution in [0.25, 0.3) is 0 Å². The van der Waals surface area contributed by atoms with E-state index in [9.17, 15) is 26.7 Å². The quantitative estimate of drug-likeness (QED) is 0.471. The van der Waals surface area contributed by atoms with Crippen molar-refractivity contribution in [2.45, 2.75) is 25.1 Å². The Balaban J connectivity index is 3.38. The smallest absolute Gasteiger partial charge is 0.469 e. The molecule has 0 saturated carbocycles. The van der Waals surface area contributed by atoms with Crippen LogP contribution in [0.3, 0.4) is 0 Å². The van der Waals surface area contributed by atoms with Gasteiger partial charge in [-0.15, -0.1) is 24.8 Å². The van der Waals surface area contributed by atoms with Gasteiger partial charge in [0.05, 0.1) is 30.7 Å². The first kappa shape index (κ1) is 17.4. The van der Waals surface area contributed by atoms with Gasteiger partial charge in [-0.3, -0.25) is 4.79 Å². The van der Waals surface area contributed by atoms with Crippen molar-refractivity contribution >= 4 is 17.6 Å². The highest BCUT2D eigenvalue weighted by Crippen LogP contribution is 2.35. The molecule has 0 spiro atoms. The molecule has 0 aliphatic rings. The van der Waals surface area contributed by atoms with Gasteiger partial charge < -0.3 is 9.47 Å². The predicted molar refractivity (Wildman–Crippen MR) is 61.2 cm³/mol. The summed E-state index contributed by atoms with van der Waals surface area (Å²) in [6.45, 7) is 0. The minimum Gasteiger partial charge on any atom is -0.469 e. The summed E-state index contributed by atoms with van der Waals surface area (Å²) in [4.78, 5) is 14.5. The van der Waals surface area contributed by atoms with Gasteiger partial charge in [0, 0.05) is 0 Å². The number of carbonyl (C=O) groups excluding carboxylic acids is 1. The molecule has 0 saturated heterocycles. The summed E-state index contributed by atoms with van der Waals surface area (Å²) in [5, 5.41) is 0. The van der Waals surface area contributed by atoms with E-state index in [1.54, 1.807) is 0 Å². The van der Waals surface area contributed by atoms with Crippen molar-refractivity contribution in [2.24, 2.45) is 0 Å². The number of hydrogen-bond acceptors (Lipinski definition) is 4. The van der Waals surface area contributed by atoms with Crippen LogP contribution in [0.15, 0.2) is 6.07 Å². The second-order valence-corrected chi connectivity index (χ2v) is 3.99. The molecule has 1 heterocycles. The molecule has 118 valence electrons. The number of alkyl halides is 6. The van der Waals surface area contributed by atoms with Gasteiger partial charge in [-0.25, -0.2) is 13.8 Å². The van der Waals surface area contributed by atoms with E-state index in [0.717, 1.165) is 13.2 Å². The van der Waals surface area contributed by atoms with Crippen LogP contribution in [0.1, 0.15) is 23.2 Å². The number of aromatic nitrogens is 1. The van der Waals surface area contributed by atoms with E-state index in [1.165, 1.54) is 0 Å². The Kier molecular flexibility index (Phi) is 5.70. The van der Waals surface area contributed by atoms with E-state index < -0.39 is 36.6 Å². The van der Waals surface area contributed by atoms with Crippen LogP contribution >= 0.6 is 11.6 Å². The van der Waals surface area contributed by atoms with Crippen LogP contribution in [-0.4, -0.2) is 24.4 Å². The molecule has 0 aliphatic carbocycles. The Bertz CT molecular complexity index is 521. The van der Waals surface area contributed by atoms with Crippen LogP contribution in [0.2, 0.25) is 0 Å². The van der Waals surface area contributed by atoms with Gasteiger partial charge in [0.2, 0.25) is 5.88 Å². The zero-order valence-electron chi connectivity index (χ0n) is 10.5. The van der Waals surface area contributed by atoms with Crippen molar-refractivity contribution < 1.29 is 36.2 Å².